The molecule has 41 heavy (non-hydrogen) atoms. The number of alkyl halides is 6. The van der Waals surface area contributed by atoms with Crippen LogP contribution in [0.15, 0.2) is 79.0 Å². The second-order valence-electron chi connectivity index (χ2n) is 9.31. The Balaban J connectivity index is 1.99. The van der Waals surface area contributed by atoms with Gasteiger partial charge in [0.2, 0.25) is 0 Å². The molecule has 3 nitrogen and oxygen atoms in total. The lowest BCUT2D eigenvalue weighted by molar-refractivity contribution is -0.140. The fourth-order valence-corrected chi connectivity index (χ4v) is 4.54. The SMILES string of the molecule is Cc1cccc(C[C@](NC(=O)c2ccc(F)c(C(F)(F)F)c2)(c2cc(F)cc(C(F)(F)F)c2)c2ccc(Cl)cn2)c1. The van der Waals surface area contributed by atoms with E-state index in [1.165, 1.54) is 12.1 Å². The summed E-state index contributed by atoms with van der Waals surface area (Å²) in [6.07, 6.45) is -9.27. The van der Waals surface area contributed by atoms with Gasteiger partial charge < -0.3 is 5.32 Å². The Bertz CT molecular complexity index is 1590. The van der Waals surface area contributed by atoms with E-state index < -0.39 is 57.7 Å². The predicted octanol–water partition coefficient (Wildman–Crippen LogP) is 8.28. The molecule has 1 amide bonds. The number of pyridine rings is 1. The number of aromatic nitrogens is 1. The average molecular weight is 599 g/mol. The minimum Gasteiger partial charge on any atom is -0.337 e. The van der Waals surface area contributed by atoms with Gasteiger partial charge in [0.05, 0.1) is 21.8 Å². The van der Waals surface area contributed by atoms with Crippen LogP contribution in [0.3, 0.4) is 0 Å². The molecule has 4 aromatic rings. The molecule has 1 aromatic heterocycles. The highest BCUT2D eigenvalue weighted by Gasteiger charge is 2.42. The van der Waals surface area contributed by atoms with E-state index in [0.717, 1.165) is 23.9 Å². The van der Waals surface area contributed by atoms with Gasteiger partial charge in [-0.25, -0.2) is 8.78 Å². The quantitative estimate of drug-likeness (QED) is 0.227. The minimum absolute atomic E-state index is 0.0892. The van der Waals surface area contributed by atoms with E-state index in [0.29, 0.717) is 17.7 Å². The van der Waals surface area contributed by atoms with Crippen molar-refractivity contribution in [3.63, 3.8) is 0 Å². The van der Waals surface area contributed by atoms with Gasteiger partial charge in [-0.1, -0.05) is 41.4 Å². The Morgan fingerprint density at radius 2 is 1.56 bits per heavy atom. The largest absolute Gasteiger partial charge is 0.419 e. The van der Waals surface area contributed by atoms with E-state index in [1.807, 2.05) is 0 Å². The third-order valence-electron chi connectivity index (χ3n) is 6.30. The number of benzene rings is 3. The molecule has 1 N–H and O–H groups in total. The number of hydrogen-bond acceptors (Lipinski definition) is 2. The summed E-state index contributed by atoms with van der Waals surface area (Å²) in [5.41, 5.74) is -5.07. The van der Waals surface area contributed by atoms with Crippen LogP contribution in [0.2, 0.25) is 5.02 Å². The van der Waals surface area contributed by atoms with Crippen molar-refractivity contribution >= 4 is 17.5 Å². The first-order valence-electron chi connectivity index (χ1n) is 11.8. The second kappa shape index (κ2) is 11.1. The van der Waals surface area contributed by atoms with Crippen molar-refractivity contribution in [2.45, 2.75) is 31.2 Å². The number of halogens is 9. The molecule has 0 fully saturated rings. The standard InChI is InChI=1S/C29H19ClF8N2O/c1-16-3-2-4-17(9-16)14-27(25-8-6-21(30)15-39-25,19-11-20(28(33,34)35)13-22(31)12-19)40-26(41)18-5-7-24(32)23(10-18)29(36,37)38/h2-13,15H,14H2,1H3,(H,40,41)/t27-/m0/s1. The molecule has 0 aliphatic rings. The lowest BCUT2D eigenvalue weighted by Gasteiger charge is -2.36. The average Bonchev–Trinajstić information content (AvgIpc) is 2.87. The molecule has 0 bridgehead atoms. The van der Waals surface area contributed by atoms with Crippen molar-refractivity contribution < 1.29 is 39.9 Å². The highest BCUT2D eigenvalue weighted by atomic mass is 35.5. The molecule has 0 saturated carbocycles. The van der Waals surface area contributed by atoms with Crippen LogP contribution in [-0.2, 0) is 24.3 Å². The van der Waals surface area contributed by atoms with Crippen LogP contribution in [-0.4, -0.2) is 10.9 Å². The van der Waals surface area contributed by atoms with E-state index in [1.54, 1.807) is 31.2 Å². The van der Waals surface area contributed by atoms with Gasteiger partial charge in [0, 0.05) is 18.2 Å². The van der Waals surface area contributed by atoms with Crippen molar-refractivity contribution in [2.24, 2.45) is 0 Å². The monoisotopic (exact) mass is 598 g/mol. The fraction of sp³-hybridized carbons (Fsp3) is 0.172. The van der Waals surface area contributed by atoms with Gasteiger partial charge >= 0.3 is 12.4 Å². The van der Waals surface area contributed by atoms with Gasteiger partial charge in [0.1, 0.15) is 17.2 Å². The molecule has 3 aromatic carbocycles. The summed E-state index contributed by atoms with van der Waals surface area (Å²) < 4.78 is 110. The van der Waals surface area contributed by atoms with Crippen LogP contribution in [0.1, 0.15) is 43.9 Å². The number of aryl methyl sites for hydroxylation is 1. The fourth-order valence-electron chi connectivity index (χ4n) is 4.43. The van der Waals surface area contributed by atoms with Crippen LogP contribution in [0.25, 0.3) is 0 Å². The molecule has 0 saturated heterocycles. The van der Waals surface area contributed by atoms with E-state index in [-0.39, 0.29) is 29.3 Å². The topological polar surface area (TPSA) is 42.0 Å². The van der Waals surface area contributed by atoms with E-state index in [4.69, 9.17) is 11.6 Å². The van der Waals surface area contributed by atoms with Crippen molar-refractivity contribution in [3.05, 3.63) is 135 Å². The summed E-state index contributed by atoms with van der Waals surface area (Å²) >= 11 is 5.97. The normalized spacial score (nSPS) is 13.5. The summed E-state index contributed by atoms with van der Waals surface area (Å²) in [5.74, 6) is -4.12. The van der Waals surface area contributed by atoms with Gasteiger partial charge in [0.15, 0.2) is 0 Å². The minimum atomic E-state index is -5.14. The molecule has 4 rings (SSSR count). The van der Waals surface area contributed by atoms with Crippen LogP contribution in [0.5, 0.6) is 0 Å². The number of hydrogen-bond donors (Lipinski definition) is 1. The number of carbonyl (C=O) groups excluding carboxylic acids is 1. The van der Waals surface area contributed by atoms with Crippen LogP contribution in [0.4, 0.5) is 35.1 Å². The molecule has 0 unspecified atom stereocenters. The maximum absolute atomic E-state index is 14.7. The summed E-state index contributed by atoms with van der Waals surface area (Å²) in [6.45, 7) is 1.74. The maximum atomic E-state index is 14.7. The molecule has 1 atom stereocenters. The van der Waals surface area contributed by atoms with Crippen LogP contribution in [0, 0.1) is 18.6 Å². The summed E-state index contributed by atoms with van der Waals surface area (Å²) in [7, 11) is 0. The smallest absolute Gasteiger partial charge is 0.337 e. The van der Waals surface area contributed by atoms with E-state index >= 15 is 0 Å². The lowest BCUT2D eigenvalue weighted by atomic mass is 9.79. The highest BCUT2D eigenvalue weighted by molar-refractivity contribution is 6.30. The summed E-state index contributed by atoms with van der Waals surface area (Å²) in [4.78, 5) is 17.7. The Morgan fingerprint density at radius 1 is 0.854 bits per heavy atom. The molecule has 0 radical (unpaired) electrons. The summed E-state index contributed by atoms with van der Waals surface area (Å²) in [6, 6.07) is 12.5. The van der Waals surface area contributed by atoms with Crippen LogP contribution < -0.4 is 5.32 Å². The van der Waals surface area contributed by atoms with Crippen molar-refractivity contribution in [3.8, 4) is 0 Å². The molecular formula is C29H19ClF8N2O. The van der Waals surface area contributed by atoms with Gasteiger partial charge in [0.25, 0.3) is 5.91 Å². The first-order valence-corrected chi connectivity index (χ1v) is 12.2. The zero-order valence-electron chi connectivity index (χ0n) is 21.0. The first kappa shape index (κ1) is 30.0. The Hall–Kier alpha value is -3.99. The number of amides is 1. The molecule has 1 heterocycles. The Labute approximate surface area is 233 Å². The van der Waals surface area contributed by atoms with Crippen molar-refractivity contribution in [1.29, 1.82) is 0 Å². The zero-order chi connectivity index (χ0) is 30.2. The van der Waals surface area contributed by atoms with Gasteiger partial charge in [-0.15, -0.1) is 0 Å². The number of rotatable bonds is 6. The van der Waals surface area contributed by atoms with E-state index in [9.17, 15) is 39.9 Å². The third kappa shape index (κ3) is 6.67. The molecule has 0 spiro atoms. The number of nitrogens with one attached hydrogen (secondary N) is 1. The third-order valence-corrected chi connectivity index (χ3v) is 6.52. The Kier molecular flexibility index (Phi) is 8.13. The highest BCUT2D eigenvalue weighted by Crippen LogP contribution is 2.39. The molecule has 0 aliphatic carbocycles. The van der Waals surface area contributed by atoms with Crippen LogP contribution >= 0.6 is 11.6 Å². The lowest BCUT2D eigenvalue weighted by Crippen LogP contribution is -2.49. The second-order valence-corrected chi connectivity index (χ2v) is 9.74. The van der Waals surface area contributed by atoms with E-state index in [2.05, 4.69) is 10.3 Å². The zero-order valence-corrected chi connectivity index (χ0v) is 21.7. The number of nitrogens with zero attached hydrogens (tertiary/aromatic N) is 1. The predicted molar refractivity (Wildman–Crippen MR) is 135 cm³/mol. The van der Waals surface area contributed by atoms with Gasteiger partial charge in [-0.3, -0.25) is 9.78 Å². The number of carbonyl (C=O) groups is 1. The maximum Gasteiger partial charge on any atom is 0.419 e. The molecule has 214 valence electrons. The van der Waals surface area contributed by atoms with Crippen molar-refractivity contribution in [1.82, 2.24) is 10.3 Å². The first-order chi connectivity index (χ1) is 19.1. The Morgan fingerprint density at radius 3 is 2.17 bits per heavy atom. The van der Waals surface area contributed by atoms with Crippen molar-refractivity contribution in [2.75, 3.05) is 0 Å². The van der Waals surface area contributed by atoms with Gasteiger partial charge in [-0.2, -0.15) is 26.3 Å². The van der Waals surface area contributed by atoms with Gasteiger partial charge in [-0.05, 0) is 66.6 Å². The summed E-state index contributed by atoms with van der Waals surface area (Å²) in [5, 5.41) is 2.64. The molecule has 0 aliphatic heterocycles. The molecular weight excluding hydrogens is 580 g/mol. The molecule has 12 heteroatoms.